The Morgan fingerprint density at radius 1 is 1.15 bits per heavy atom. The van der Waals surface area contributed by atoms with Crippen LogP contribution >= 0.6 is 0 Å². The van der Waals surface area contributed by atoms with Gasteiger partial charge in [-0.05, 0) is 31.7 Å². The van der Waals surface area contributed by atoms with Crippen molar-refractivity contribution in [3.05, 3.63) is 29.6 Å². The Hall–Kier alpha value is -1.30. The predicted octanol–water partition coefficient (Wildman–Crippen LogP) is 3.74. The molecule has 2 nitrogen and oxygen atoms in total. The first-order chi connectivity index (χ1) is 9.38. The highest BCUT2D eigenvalue weighted by Gasteiger charge is 2.41. The molecular formula is C14H17F4NO. The molecule has 0 atom stereocenters. The lowest BCUT2D eigenvalue weighted by molar-refractivity contribution is -0.182. The van der Waals surface area contributed by atoms with Crippen LogP contribution in [0, 0.1) is 11.7 Å². The van der Waals surface area contributed by atoms with Crippen LogP contribution in [0.25, 0.3) is 0 Å². The highest BCUT2D eigenvalue weighted by molar-refractivity contribution is 5.33. The molecule has 0 aliphatic heterocycles. The standard InChI is InChI=1S/C14H17F4NO/c15-12-3-1-2-9(13(12)20)8-19-11-6-4-10(5-7-11)14(16,17)18/h1-3,10-11,19-20H,4-8H2. The quantitative estimate of drug-likeness (QED) is 0.831. The van der Waals surface area contributed by atoms with Crippen LogP contribution in [0.5, 0.6) is 5.75 Å². The summed E-state index contributed by atoms with van der Waals surface area (Å²) in [5.74, 6) is -2.29. The number of hydrogen-bond acceptors (Lipinski definition) is 2. The fraction of sp³-hybridized carbons (Fsp3) is 0.571. The zero-order valence-electron chi connectivity index (χ0n) is 10.9. The molecule has 0 spiro atoms. The van der Waals surface area contributed by atoms with Gasteiger partial charge in [-0.3, -0.25) is 0 Å². The molecule has 1 saturated carbocycles. The van der Waals surface area contributed by atoms with Crippen molar-refractivity contribution in [1.29, 1.82) is 0 Å². The number of phenols is 1. The van der Waals surface area contributed by atoms with Gasteiger partial charge in [0.05, 0.1) is 5.92 Å². The average molecular weight is 291 g/mol. The molecular weight excluding hydrogens is 274 g/mol. The predicted molar refractivity (Wildman–Crippen MR) is 66.7 cm³/mol. The monoisotopic (exact) mass is 291 g/mol. The zero-order valence-corrected chi connectivity index (χ0v) is 10.9. The lowest BCUT2D eigenvalue weighted by Crippen LogP contribution is -2.36. The second kappa shape index (κ2) is 5.99. The third-order valence-corrected chi connectivity index (χ3v) is 3.84. The number of benzene rings is 1. The topological polar surface area (TPSA) is 32.3 Å². The average Bonchev–Trinajstić information content (AvgIpc) is 2.40. The summed E-state index contributed by atoms with van der Waals surface area (Å²) in [6.07, 6.45) is -2.97. The van der Waals surface area contributed by atoms with Gasteiger partial charge in [-0.2, -0.15) is 13.2 Å². The minimum absolute atomic E-state index is 0.0173. The number of aromatic hydroxyl groups is 1. The maximum Gasteiger partial charge on any atom is 0.391 e. The van der Waals surface area contributed by atoms with Gasteiger partial charge in [0.25, 0.3) is 0 Å². The van der Waals surface area contributed by atoms with Crippen LogP contribution in [-0.4, -0.2) is 17.3 Å². The molecule has 1 aromatic carbocycles. The number of phenolic OH excluding ortho intramolecular Hbond substituents is 1. The number of para-hydroxylation sites is 1. The van der Waals surface area contributed by atoms with Gasteiger partial charge >= 0.3 is 6.18 Å². The number of alkyl halides is 3. The maximum absolute atomic E-state index is 13.1. The van der Waals surface area contributed by atoms with Gasteiger partial charge in [0.15, 0.2) is 11.6 Å². The lowest BCUT2D eigenvalue weighted by Gasteiger charge is -2.30. The normalized spacial score (nSPS) is 23.8. The molecule has 6 heteroatoms. The van der Waals surface area contributed by atoms with E-state index >= 15 is 0 Å². The van der Waals surface area contributed by atoms with Crippen LogP contribution in [0.4, 0.5) is 17.6 Å². The van der Waals surface area contributed by atoms with Crippen LogP contribution in [0.15, 0.2) is 18.2 Å². The van der Waals surface area contributed by atoms with Crippen molar-refractivity contribution < 1.29 is 22.7 Å². The molecule has 0 heterocycles. The van der Waals surface area contributed by atoms with Gasteiger partial charge in [-0.25, -0.2) is 4.39 Å². The highest BCUT2D eigenvalue weighted by Crippen LogP contribution is 2.37. The molecule has 1 aliphatic carbocycles. The van der Waals surface area contributed by atoms with Gasteiger partial charge < -0.3 is 10.4 Å². The summed E-state index contributed by atoms with van der Waals surface area (Å²) in [4.78, 5) is 0. The molecule has 2 rings (SSSR count). The fourth-order valence-electron chi connectivity index (χ4n) is 2.58. The summed E-state index contributed by atoms with van der Waals surface area (Å²) in [6, 6.07) is 4.23. The summed E-state index contributed by atoms with van der Waals surface area (Å²) >= 11 is 0. The summed E-state index contributed by atoms with van der Waals surface area (Å²) in [5, 5.41) is 12.6. The van der Waals surface area contributed by atoms with E-state index in [2.05, 4.69) is 5.32 Å². The molecule has 0 aromatic heterocycles. The number of halogens is 4. The van der Waals surface area contributed by atoms with Crippen LogP contribution in [-0.2, 0) is 6.54 Å². The van der Waals surface area contributed by atoms with E-state index in [1.54, 1.807) is 6.07 Å². The smallest absolute Gasteiger partial charge is 0.391 e. The number of rotatable bonds is 3. The van der Waals surface area contributed by atoms with Gasteiger partial charge in [-0.1, -0.05) is 12.1 Å². The Morgan fingerprint density at radius 3 is 2.40 bits per heavy atom. The first kappa shape index (κ1) is 15.1. The fourth-order valence-corrected chi connectivity index (χ4v) is 2.58. The van der Waals surface area contributed by atoms with Crippen molar-refractivity contribution in [2.24, 2.45) is 5.92 Å². The van der Waals surface area contributed by atoms with Gasteiger partial charge in [0.1, 0.15) is 0 Å². The minimum atomic E-state index is -4.11. The number of nitrogens with one attached hydrogen (secondary N) is 1. The summed E-state index contributed by atoms with van der Waals surface area (Å²) in [5.41, 5.74) is 0.419. The SMILES string of the molecule is Oc1c(F)cccc1CNC1CCC(C(F)(F)F)CC1. The Balaban J connectivity index is 1.83. The Morgan fingerprint density at radius 2 is 1.80 bits per heavy atom. The molecule has 0 radical (unpaired) electrons. The second-order valence-corrected chi connectivity index (χ2v) is 5.22. The Labute approximate surface area is 114 Å². The molecule has 0 saturated heterocycles. The molecule has 1 fully saturated rings. The van der Waals surface area contributed by atoms with Crippen molar-refractivity contribution in [3.8, 4) is 5.75 Å². The van der Waals surface area contributed by atoms with Crippen LogP contribution in [0.3, 0.4) is 0 Å². The first-order valence-electron chi connectivity index (χ1n) is 6.64. The van der Waals surface area contributed by atoms with E-state index in [0.717, 1.165) is 6.07 Å². The summed E-state index contributed by atoms with van der Waals surface area (Å²) in [6.45, 7) is 0.255. The van der Waals surface area contributed by atoms with Crippen molar-refractivity contribution >= 4 is 0 Å². The molecule has 1 aromatic rings. The molecule has 0 amide bonds. The first-order valence-corrected chi connectivity index (χ1v) is 6.64. The Bertz CT molecular complexity index is 453. The van der Waals surface area contributed by atoms with Gasteiger partial charge in [0.2, 0.25) is 0 Å². The van der Waals surface area contributed by atoms with Crippen molar-refractivity contribution in [1.82, 2.24) is 5.32 Å². The van der Waals surface area contributed by atoms with E-state index in [0.29, 0.717) is 18.4 Å². The molecule has 0 unspecified atom stereocenters. The molecule has 2 N–H and O–H groups in total. The maximum atomic E-state index is 13.1. The van der Waals surface area contributed by atoms with Gasteiger partial charge in [0, 0.05) is 18.2 Å². The third kappa shape index (κ3) is 3.62. The van der Waals surface area contributed by atoms with E-state index in [4.69, 9.17) is 0 Å². The van der Waals surface area contributed by atoms with Gasteiger partial charge in [-0.15, -0.1) is 0 Å². The summed E-state index contributed by atoms with van der Waals surface area (Å²) in [7, 11) is 0. The molecule has 112 valence electrons. The zero-order chi connectivity index (χ0) is 14.8. The van der Waals surface area contributed by atoms with Crippen molar-refractivity contribution in [2.45, 2.75) is 44.4 Å². The largest absolute Gasteiger partial charge is 0.505 e. The molecule has 1 aliphatic rings. The molecule has 0 bridgehead atoms. The Kier molecular flexibility index (Phi) is 4.52. The third-order valence-electron chi connectivity index (χ3n) is 3.84. The highest BCUT2D eigenvalue weighted by atomic mass is 19.4. The van der Waals surface area contributed by atoms with E-state index in [9.17, 15) is 22.7 Å². The van der Waals surface area contributed by atoms with Crippen LogP contribution in [0.1, 0.15) is 31.2 Å². The van der Waals surface area contributed by atoms with E-state index in [1.165, 1.54) is 6.07 Å². The van der Waals surface area contributed by atoms with Crippen molar-refractivity contribution in [2.75, 3.05) is 0 Å². The lowest BCUT2D eigenvalue weighted by atomic mass is 9.85. The van der Waals surface area contributed by atoms with Crippen LogP contribution in [0.2, 0.25) is 0 Å². The number of hydrogen-bond donors (Lipinski definition) is 2. The van der Waals surface area contributed by atoms with E-state index in [-0.39, 0.29) is 25.4 Å². The van der Waals surface area contributed by atoms with Crippen molar-refractivity contribution in [3.63, 3.8) is 0 Å². The minimum Gasteiger partial charge on any atom is -0.505 e. The van der Waals surface area contributed by atoms with E-state index < -0.39 is 23.7 Å². The van der Waals surface area contributed by atoms with E-state index in [1.807, 2.05) is 0 Å². The van der Waals surface area contributed by atoms with Crippen LogP contribution < -0.4 is 5.32 Å². The second-order valence-electron chi connectivity index (χ2n) is 5.22. The summed E-state index contributed by atoms with van der Waals surface area (Å²) < 4.78 is 50.7. The molecule has 20 heavy (non-hydrogen) atoms.